The highest BCUT2D eigenvalue weighted by Crippen LogP contribution is 2.37. The number of anilines is 1. The van der Waals surface area contributed by atoms with Crippen LogP contribution in [-0.4, -0.2) is 17.4 Å². The molecule has 0 amide bonds. The van der Waals surface area contributed by atoms with Crippen molar-refractivity contribution in [3.8, 4) is 0 Å². The van der Waals surface area contributed by atoms with Crippen LogP contribution in [0.15, 0.2) is 23.8 Å². The summed E-state index contributed by atoms with van der Waals surface area (Å²) in [6.45, 7) is 2.07. The lowest BCUT2D eigenvalue weighted by Gasteiger charge is -2.28. The third-order valence-corrected chi connectivity index (χ3v) is 5.11. The maximum atomic E-state index is 11.2. The second-order valence-corrected chi connectivity index (χ2v) is 6.52. The summed E-state index contributed by atoms with van der Waals surface area (Å²) in [6.07, 6.45) is 9.56. The molecule has 118 valence electrons. The van der Waals surface area contributed by atoms with Gasteiger partial charge in [-0.25, -0.2) is 0 Å². The van der Waals surface area contributed by atoms with Gasteiger partial charge in [0.25, 0.3) is 0 Å². The van der Waals surface area contributed by atoms with Gasteiger partial charge in [0.2, 0.25) is 0 Å². The van der Waals surface area contributed by atoms with E-state index in [0.717, 1.165) is 47.9 Å². The van der Waals surface area contributed by atoms with Gasteiger partial charge in [0.15, 0.2) is 0 Å². The van der Waals surface area contributed by atoms with E-state index in [4.69, 9.17) is 0 Å². The summed E-state index contributed by atoms with van der Waals surface area (Å²) < 4.78 is 0. The predicted molar refractivity (Wildman–Crippen MR) is 89.7 cm³/mol. The fraction of sp³-hybridized carbons (Fsp3) is 0.526. The largest absolute Gasteiger partial charge is 0.388 e. The molecule has 1 aliphatic carbocycles. The van der Waals surface area contributed by atoms with Crippen LogP contribution in [0.1, 0.15) is 62.7 Å². The molecule has 3 heteroatoms. The van der Waals surface area contributed by atoms with E-state index >= 15 is 0 Å². The van der Waals surface area contributed by atoms with E-state index in [1.165, 1.54) is 19.3 Å². The van der Waals surface area contributed by atoms with Crippen molar-refractivity contribution in [1.82, 2.24) is 0 Å². The second-order valence-electron chi connectivity index (χ2n) is 6.52. The number of hydrogen-bond acceptors (Lipinski definition) is 3. The van der Waals surface area contributed by atoms with Crippen LogP contribution in [0.25, 0.3) is 6.08 Å². The summed E-state index contributed by atoms with van der Waals surface area (Å²) in [5.41, 5.74) is 4.17. The molecule has 22 heavy (non-hydrogen) atoms. The molecule has 1 saturated carbocycles. The van der Waals surface area contributed by atoms with Gasteiger partial charge in [-0.2, -0.15) is 0 Å². The van der Waals surface area contributed by atoms with E-state index in [9.17, 15) is 9.90 Å². The molecule has 0 radical (unpaired) electrons. The average Bonchev–Trinajstić information content (AvgIpc) is 2.60. The first kappa shape index (κ1) is 15.3. The Bertz CT molecular complexity index is 573. The first-order chi connectivity index (χ1) is 10.7. The van der Waals surface area contributed by atoms with E-state index in [0.29, 0.717) is 5.92 Å². The monoisotopic (exact) mass is 299 g/mol. The van der Waals surface area contributed by atoms with E-state index in [1.807, 2.05) is 12.1 Å². The summed E-state index contributed by atoms with van der Waals surface area (Å²) in [6, 6.07) is 5.86. The Hall–Kier alpha value is -1.61. The second kappa shape index (κ2) is 6.66. The number of hydrogen-bond donors (Lipinski definition) is 2. The van der Waals surface area contributed by atoms with Gasteiger partial charge in [-0.3, -0.25) is 0 Å². The molecule has 1 aromatic carbocycles. The van der Waals surface area contributed by atoms with Gasteiger partial charge >= 0.3 is 0 Å². The molecular weight excluding hydrogens is 274 g/mol. The topological polar surface area (TPSA) is 49.3 Å². The highest BCUT2D eigenvalue weighted by Gasteiger charge is 2.25. The zero-order chi connectivity index (χ0) is 15.5. The van der Waals surface area contributed by atoms with E-state index in [-0.39, 0.29) is 12.1 Å². The maximum Gasteiger partial charge on any atom is 0.146 e. The number of benzene rings is 1. The highest BCUT2D eigenvalue weighted by atomic mass is 16.3. The Morgan fingerprint density at radius 1 is 1.32 bits per heavy atom. The quantitative estimate of drug-likeness (QED) is 0.823. The molecule has 2 unspecified atom stereocenters. The van der Waals surface area contributed by atoms with Crippen LogP contribution >= 0.6 is 0 Å². The molecule has 3 rings (SSSR count). The summed E-state index contributed by atoms with van der Waals surface area (Å²) in [5, 5.41) is 13.9. The highest BCUT2D eigenvalue weighted by molar-refractivity contribution is 5.82. The molecule has 2 aliphatic rings. The summed E-state index contributed by atoms with van der Waals surface area (Å²) >= 11 is 0. The summed E-state index contributed by atoms with van der Waals surface area (Å²) in [7, 11) is 0. The Morgan fingerprint density at radius 2 is 2.09 bits per heavy atom. The fourth-order valence-corrected chi connectivity index (χ4v) is 3.73. The standard InChI is InChI=1S/C19H25NO2/c1-2-13-10-16-11-15(8-9-17(16)20-18(13)12-21)19(22)14-6-4-3-5-7-14/h8-12,14,18-20,22H,2-7H2,1H3. The Kier molecular flexibility index (Phi) is 4.63. The molecule has 1 aliphatic heterocycles. The van der Waals surface area contributed by atoms with Crippen LogP contribution in [0, 0.1) is 5.92 Å². The molecular formula is C19H25NO2. The number of aliphatic hydroxyl groups is 1. The van der Waals surface area contributed by atoms with Crippen molar-refractivity contribution in [2.45, 2.75) is 57.6 Å². The normalized spacial score (nSPS) is 23.2. The van der Waals surface area contributed by atoms with Gasteiger partial charge in [-0.15, -0.1) is 0 Å². The number of rotatable bonds is 4. The van der Waals surface area contributed by atoms with Crippen LogP contribution < -0.4 is 5.32 Å². The van der Waals surface area contributed by atoms with E-state index in [2.05, 4.69) is 24.4 Å². The SMILES string of the molecule is CCC1=Cc2cc(C(O)C3CCCCC3)ccc2NC1C=O. The van der Waals surface area contributed by atoms with E-state index in [1.54, 1.807) is 0 Å². The number of nitrogens with one attached hydrogen (secondary N) is 1. The maximum absolute atomic E-state index is 11.2. The fourth-order valence-electron chi connectivity index (χ4n) is 3.73. The lowest BCUT2D eigenvalue weighted by Crippen LogP contribution is -2.26. The lowest BCUT2D eigenvalue weighted by atomic mass is 9.82. The number of fused-ring (bicyclic) bond motifs is 1. The molecule has 1 fully saturated rings. The van der Waals surface area contributed by atoms with Gasteiger partial charge in [-0.1, -0.05) is 38.3 Å². The zero-order valence-corrected chi connectivity index (χ0v) is 13.2. The van der Waals surface area contributed by atoms with Crippen LogP contribution in [-0.2, 0) is 4.79 Å². The molecule has 0 aromatic heterocycles. The van der Waals surface area contributed by atoms with Crippen LogP contribution in [0.2, 0.25) is 0 Å². The van der Waals surface area contributed by atoms with Crippen molar-refractivity contribution >= 4 is 18.0 Å². The summed E-state index contributed by atoms with van der Waals surface area (Å²) in [4.78, 5) is 11.2. The first-order valence-electron chi connectivity index (χ1n) is 8.47. The third-order valence-electron chi connectivity index (χ3n) is 5.11. The number of carbonyl (C=O) groups is 1. The number of aliphatic hydroxyl groups excluding tert-OH is 1. The number of carbonyl (C=O) groups excluding carboxylic acids is 1. The van der Waals surface area contributed by atoms with Crippen LogP contribution in [0.4, 0.5) is 5.69 Å². The predicted octanol–water partition coefficient (Wildman–Crippen LogP) is 4.09. The van der Waals surface area contributed by atoms with Crippen molar-refractivity contribution in [1.29, 1.82) is 0 Å². The van der Waals surface area contributed by atoms with Crippen molar-refractivity contribution in [2.24, 2.45) is 5.92 Å². The van der Waals surface area contributed by atoms with Gasteiger partial charge in [0.05, 0.1) is 6.10 Å². The number of aldehydes is 1. The minimum absolute atomic E-state index is 0.216. The van der Waals surface area contributed by atoms with Crippen LogP contribution in [0.5, 0.6) is 0 Å². The molecule has 0 saturated heterocycles. The molecule has 2 N–H and O–H groups in total. The van der Waals surface area contributed by atoms with E-state index < -0.39 is 0 Å². The zero-order valence-electron chi connectivity index (χ0n) is 13.2. The smallest absolute Gasteiger partial charge is 0.146 e. The first-order valence-corrected chi connectivity index (χ1v) is 8.47. The molecule has 0 spiro atoms. The Balaban J connectivity index is 1.86. The molecule has 2 atom stereocenters. The average molecular weight is 299 g/mol. The van der Waals surface area contributed by atoms with Gasteiger partial charge in [0.1, 0.15) is 12.3 Å². The van der Waals surface area contributed by atoms with Crippen molar-refractivity contribution < 1.29 is 9.90 Å². The van der Waals surface area contributed by atoms with Crippen molar-refractivity contribution in [2.75, 3.05) is 5.32 Å². The molecule has 1 aromatic rings. The third kappa shape index (κ3) is 2.95. The minimum atomic E-state index is -0.368. The Morgan fingerprint density at radius 3 is 2.77 bits per heavy atom. The molecule has 0 bridgehead atoms. The molecule has 1 heterocycles. The molecule has 3 nitrogen and oxygen atoms in total. The Labute approximate surface area is 132 Å². The lowest BCUT2D eigenvalue weighted by molar-refractivity contribution is -0.107. The van der Waals surface area contributed by atoms with Gasteiger partial charge < -0.3 is 15.2 Å². The van der Waals surface area contributed by atoms with Gasteiger partial charge in [0, 0.05) is 5.69 Å². The van der Waals surface area contributed by atoms with Crippen molar-refractivity contribution in [3.05, 3.63) is 34.9 Å². The van der Waals surface area contributed by atoms with Crippen LogP contribution in [0.3, 0.4) is 0 Å². The van der Waals surface area contributed by atoms with Crippen molar-refractivity contribution in [3.63, 3.8) is 0 Å². The summed E-state index contributed by atoms with van der Waals surface area (Å²) in [5.74, 6) is 0.390. The minimum Gasteiger partial charge on any atom is -0.388 e. The van der Waals surface area contributed by atoms with Gasteiger partial charge in [-0.05, 0) is 54.0 Å².